The lowest BCUT2D eigenvalue weighted by Gasteiger charge is -2.05. The summed E-state index contributed by atoms with van der Waals surface area (Å²) in [4.78, 5) is 26.3. The molecule has 2 atom stereocenters. The molecule has 86 valence electrons. The average Bonchev–Trinajstić information content (AvgIpc) is 2.62. The van der Waals surface area contributed by atoms with Gasteiger partial charge in [-0.3, -0.25) is 0 Å². The Bertz CT molecular complexity index is 395. The van der Waals surface area contributed by atoms with Crippen molar-refractivity contribution in [1.29, 1.82) is 0 Å². The van der Waals surface area contributed by atoms with Gasteiger partial charge in [0.25, 0.3) is 4.93 Å². The molecule has 9 heteroatoms. The first-order valence-corrected chi connectivity index (χ1v) is 5.41. The van der Waals surface area contributed by atoms with Crippen molar-refractivity contribution in [3.63, 3.8) is 0 Å². The molecule has 2 N–H and O–H groups in total. The third-order valence-electron chi connectivity index (χ3n) is 1.67. The van der Waals surface area contributed by atoms with Crippen LogP contribution in [0.5, 0.6) is 0 Å². The lowest BCUT2D eigenvalue weighted by Crippen LogP contribution is -2.31. The van der Waals surface area contributed by atoms with E-state index in [0.29, 0.717) is 0 Å². The van der Waals surface area contributed by atoms with E-state index in [-0.39, 0.29) is 0 Å². The summed E-state index contributed by atoms with van der Waals surface area (Å²) < 4.78 is 21.4. The zero-order valence-electron chi connectivity index (χ0n) is 7.54. The Kier molecular flexibility index (Phi) is 2.72. The number of carbonyl (C=O) groups excluding carboxylic acids is 2. The second kappa shape index (κ2) is 3.43. The Morgan fingerprint density at radius 3 is 2.20 bits per heavy atom. The quantitative estimate of drug-likeness (QED) is 0.307. The summed E-state index contributed by atoms with van der Waals surface area (Å²) in [7, 11) is -3.90. The van der Waals surface area contributed by atoms with Crippen molar-refractivity contribution in [3.05, 3.63) is 0 Å². The molecule has 0 aromatic carbocycles. The van der Waals surface area contributed by atoms with Gasteiger partial charge in [0.15, 0.2) is 15.9 Å². The first kappa shape index (κ1) is 11.9. The molecule has 1 fully saturated rings. The summed E-state index contributed by atoms with van der Waals surface area (Å²) in [5, 5.41) is 17.7. The minimum Gasteiger partial charge on any atom is -0.382 e. The van der Waals surface area contributed by atoms with Crippen LogP contribution in [0.25, 0.3) is 0 Å². The predicted octanol–water partition coefficient (Wildman–Crippen LogP) is -2.51. The fraction of sp³-hybridized carbons (Fsp3) is 0.667. The van der Waals surface area contributed by atoms with Crippen molar-refractivity contribution in [2.45, 2.75) is 18.0 Å². The second-order valence-corrected chi connectivity index (χ2v) is 5.19. The first-order valence-electron chi connectivity index (χ1n) is 3.76. The Balaban J connectivity index is 2.50. The summed E-state index contributed by atoms with van der Waals surface area (Å²) in [6.07, 6.45) is -1.52. The first-order chi connectivity index (χ1) is 6.71. The number of hydrogen-bond donors (Lipinski definition) is 2. The summed E-state index contributed by atoms with van der Waals surface area (Å²) in [5.74, 6) is -3.65. The molecule has 0 aromatic heterocycles. The third-order valence-corrected chi connectivity index (χ3v) is 3.46. The van der Waals surface area contributed by atoms with Gasteiger partial charge in [0.05, 0.1) is 0 Å². The zero-order chi connectivity index (χ0) is 11.9. The molecular formula is C6H8O8S. The van der Waals surface area contributed by atoms with Gasteiger partial charge in [0, 0.05) is 0 Å². The standard InChI is InChI=1S/C6H8O8S/c1-3(7)4(8)13-14-5(9)6(10)2-15(6,11)12/h3,7,10H,2H2,1H3. The molecule has 1 heterocycles. The van der Waals surface area contributed by atoms with Crippen LogP contribution in [0.3, 0.4) is 0 Å². The van der Waals surface area contributed by atoms with Gasteiger partial charge >= 0.3 is 11.9 Å². The molecule has 0 saturated carbocycles. The molecule has 0 radical (unpaired) electrons. The number of rotatable bonds is 2. The van der Waals surface area contributed by atoms with Crippen LogP contribution in [0.1, 0.15) is 6.92 Å². The summed E-state index contributed by atoms with van der Waals surface area (Å²) in [6, 6.07) is 0. The topological polar surface area (TPSA) is 127 Å². The summed E-state index contributed by atoms with van der Waals surface area (Å²) in [5.41, 5.74) is 0. The Hall–Kier alpha value is -1.19. The number of aliphatic hydroxyl groups excluding tert-OH is 1. The molecule has 0 spiro atoms. The summed E-state index contributed by atoms with van der Waals surface area (Å²) in [6.45, 7) is 1.05. The Morgan fingerprint density at radius 2 is 1.87 bits per heavy atom. The van der Waals surface area contributed by atoms with Crippen LogP contribution in [-0.4, -0.2) is 47.4 Å². The van der Waals surface area contributed by atoms with Crippen molar-refractivity contribution in [3.8, 4) is 0 Å². The van der Waals surface area contributed by atoms with E-state index >= 15 is 0 Å². The highest BCUT2D eigenvalue weighted by Gasteiger charge is 2.69. The van der Waals surface area contributed by atoms with Crippen LogP contribution in [0.15, 0.2) is 0 Å². The molecule has 0 bridgehead atoms. The van der Waals surface area contributed by atoms with Crippen LogP contribution >= 0.6 is 0 Å². The van der Waals surface area contributed by atoms with Crippen LogP contribution in [-0.2, 0) is 29.2 Å². The van der Waals surface area contributed by atoms with E-state index < -0.39 is 38.6 Å². The van der Waals surface area contributed by atoms with E-state index in [1.165, 1.54) is 0 Å². The van der Waals surface area contributed by atoms with Gasteiger partial charge in [-0.2, -0.15) is 0 Å². The fourth-order valence-corrected chi connectivity index (χ4v) is 1.78. The lowest BCUT2D eigenvalue weighted by atomic mass is 10.4. The monoisotopic (exact) mass is 240 g/mol. The maximum Gasteiger partial charge on any atom is 0.403 e. The highest BCUT2D eigenvalue weighted by Crippen LogP contribution is 2.34. The predicted molar refractivity (Wildman–Crippen MR) is 42.6 cm³/mol. The Labute approximate surface area is 84.3 Å². The highest BCUT2D eigenvalue weighted by atomic mass is 32.2. The Morgan fingerprint density at radius 1 is 1.40 bits per heavy atom. The number of hydrogen-bond acceptors (Lipinski definition) is 8. The third kappa shape index (κ3) is 2.08. The minimum absolute atomic E-state index is 0.773. The van der Waals surface area contributed by atoms with E-state index in [4.69, 9.17) is 10.2 Å². The zero-order valence-corrected chi connectivity index (χ0v) is 8.35. The van der Waals surface area contributed by atoms with E-state index in [9.17, 15) is 18.0 Å². The molecule has 15 heavy (non-hydrogen) atoms. The molecule has 2 unspecified atom stereocenters. The molecule has 0 aliphatic carbocycles. The normalized spacial score (nSPS) is 29.0. The number of aliphatic hydroxyl groups is 2. The van der Waals surface area contributed by atoms with Gasteiger partial charge in [-0.15, -0.1) is 0 Å². The molecule has 1 aliphatic heterocycles. The SMILES string of the molecule is CC(O)C(=O)OOC(=O)C1(O)CS1(=O)=O. The number of sulfone groups is 1. The van der Waals surface area contributed by atoms with Crippen LogP contribution < -0.4 is 0 Å². The van der Waals surface area contributed by atoms with Crippen LogP contribution in [0.4, 0.5) is 0 Å². The van der Waals surface area contributed by atoms with Gasteiger partial charge in [-0.25, -0.2) is 27.8 Å². The van der Waals surface area contributed by atoms with Crippen molar-refractivity contribution >= 4 is 21.8 Å². The number of carbonyl (C=O) groups is 2. The van der Waals surface area contributed by atoms with Gasteiger partial charge in [-0.05, 0) is 6.92 Å². The minimum atomic E-state index is -3.90. The average molecular weight is 240 g/mol. The van der Waals surface area contributed by atoms with E-state index in [1.54, 1.807) is 0 Å². The molecule has 8 nitrogen and oxygen atoms in total. The van der Waals surface area contributed by atoms with Crippen molar-refractivity contribution in [1.82, 2.24) is 0 Å². The van der Waals surface area contributed by atoms with E-state index in [2.05, 4.69) is 9.78 Å². The van der Waals surface area contributed by atoms with Gasteiger partial charge < -0.3 is 10.2 Å². The molecular weight excluding hydrogens is 232 g/mol. The highest BCUT2D eigenvalue weighted by molar-refractivity contribution is 8.00. The van der Waals surface area contributed by atoms with Gasteiger partial charge in [0.1, 0.15) is 5.75 Å². The molecule has 1 aliphatic rings. The van der Waals surface area contributed by atoms with Crippen molar-refractivity contribution in [2.24, 2.45) is 0 Å². The smallest absolute Gasteiger partial charge is 0.382 e. The van der Waals surface area contributed by atoms with Crippen molar-refractivity contribution < 1.29 is 38.0 Å². The summed E-state index contributed by atoms with van der Waals surface area (Å²) >= 11 is 0. The second-order valence-electron chi connectivity index (χ2n) is 2.99. The van der Waals surface area contributed by atoms with Crippen molar-refractivity contribution in [2.75, 3.05) is 5.75 Å². The fourth-order valence-electron chi connectivity index (χ4n) is 0.628. The van der Waals surface area contributed by atoms with Crippen LogP contribution in [0.2, 0.25) is 0 Å². The van der Waals surface area contributed by atoms with E-state index in [0.717, 1.165) is 6.92 Å². The molecule has 0 aromatic rings. The maximum atomic E-state index is 10.9. The molecule has 1 rings (SSSR count). The van der Waals surface area contributed by atoms with Gasteiger partial charge in [0.2, 0.25) is 0 Å². The maximum absolute atomic E-state index is 10.9. The molecule has 0 amide bonds. The van der Waals surface area contributed by atoms with E-state index in [1.807, 2.05) is 0 Å². The lowest BCUT2D eigenvalue weighted by molar-refractivity contribution is -0.268. The molecule has 1 saturated heterocycles. The largest absolute Gasteiger partial charge is 0.403 e. The van der Waals surface area contributed by atoms with Gasteiger partial charge in [-0.1, -0.05) is 0 Å². The van der Waals surface area contributed by atoms with Crippen LogP contribution in [0, 0.1) is 0 Å².